The quantitative estimate of drug-likeness (QED) is 0.648. The number of hydrogen-bond donors (Lipinski definition) is 2. The third-order valence-electron chi connectivity index (χ3n) is 5.50. The summed E-state index contributed by atoms with van der Waals surface area (Å²) in [6.45, 7) is 3.30. The topological polar surface area (TPSA) is 44.0 Å². The van der Waals surface area contributed by atoms with Gasteiger partial charge >= 0.3 is 0 Å². The third kappa shape index (κ3) is 3.91. The molecule has 3 heterocycles. The Morgan fingerprint density at radius 1 is 1.12 bits per heavy atom. The minimum absolute atomic E-state index is 0.626. The number of aromatic amines is 1. The second kappa shape index (κ2) is 7.92. The van der Waals surface area contributed by atoms with E-state index in [4.69, 9.17) is 4.98 Å². The van der Waals surface area contributed by atoms with E-state index in [9.17, 15) is 0 Å². The van der Waals surface area contributed by atoms with Crippen molar-refractivity contribution in [1.82, 2.24) is 14.9 Å². The second-order valence-electron chi connectivity index (χ2n) is 7.43. The normalized spacial score (nSPS) is 16.2. The van der Waals surface area contributed by atoms with Crippen LogP contribution >= 0.6 is 0 Å². The Bertz CT molecular complexity index is 832. The van der Waals surface area contributed by atoms with Gasteiger partial charge in [0.2, 0.25) is 0 Å². The number of benzene rings is 1. The number of piperidine rings is 1. The smallest absolute Gasteiger partial charge is 0.126 e. The van der Waals surface area contributed by atoms with Gasteiger partial charge < -0.3 is 15.2 Å². The maximum Gasteiger partial charge on any atom is 0.126 e. The van der Waals surface area contributed by atoms with Crippen molar-refractivity contribution in [2.24, 2.45) is 0 Å². The molecule has 2 N–H and O–H groups in total. The number of likely N-dealkylation sites (tertiary alicyclic amines) is 1. The van der Waals surface area contributed by atoms with Crippen molar-refractivity contribution in [2.45, 2.75) is 31.6 Å². The highest BCUT2D eigenvalue weighted by Gasteiger charge is 2.21. The minimum atomic E-state index is 0.626. The van der Waals surface area contributed by atoms with Gasteiger partial charge in [-0.05, 0) is 75.0 Å². The van der Waals surface area contributed by atoms with Crippen LogP contribution in [0.3, 0.4) is 0 Å². The summed E-state index contributed by atoms with van der Waals surface area (Å²) in [6.07, 6.45) is 6.83. The molecule has 0 bridgehead atoms. The van der Waals surface area contributed by atoms with Crippen LogP contribution in [0.25, 0.3) is 11.0 Å². The van der Waals surface area contributed by atoms with Gasteiger partial charge in [-0.2, -0.15) is 0 Å². The number of nitrogens with one attached hydrogen (secondary N) is 2. The summed E-state index contributed by atoms with van der Waals surface area (Å²) in [4.78, 5) is 10.7. The van der Waals surface area contributed by atoms with E-state index in [1.54, 1.807) is 0 Å². The van der Waals surface area contributed by atoms with Crippen LogP contribution in [-0.2, 0) is 6.42 Å². The van der Waals surface area contributed by atoms with Gasteiger partial charge in [0.15, 0.2) is 0 Å². The largest absolute Gasteiger partial charge is 0.370 e. The van der Waals surface area contributed by atoms with Crippen LogP contribution in [0.2, 0.25) is 0 Å². The third-order valence-corrected chi connectivity index (χ3v) is 5.50. The van der Waals surface area contributed by atoms with Gasteiger partial charge in [0.05, 0.1) is 11.0 Å². The number of pyridine rings is 1. The van der Waals surface area contributed by atoms with E-state index >= 15 is 0 Å². The number of nitrogens with zero attached hydrogens (tertiary/aromatic N) is 2. The highest BCUT2D eigenvalue weighted by Crippen LogP contribution is 2.32. The maximum atomic E-state index is 4.92. The van der Waals surface area contributed by atoms with Crippen LogP contribution in [0.5, 0.6) is 0 Å². The van der Waals surface area contributed by atoms with Gasteiger partial charge in [-0.1, -0.05) is 30.3 Å². The molecule has 0 amide bonds. The molecule has 4 nitrogen and oxygen atoms in total. The summed E-state index contributed by atoms with van der Waals surface area (Å²) < 4.78 is 0. The van der Waals surface area contributed by atoms with Gasteiger partial charge in [-0.15, -0.1) is 0 Å². The van der Waals surface area contributed by atoms with Crippen LogP contribution in [-0.4, -0.2) is 41.5 Å². The zero-order valence-corrected chi connectivity index (χ0v) is 15.5. The van der Waals surface area contributed by atoms with Crippen molar-refractivity contribution in [3.05, 3.63) is 59.8 Å². The lowest BCUT2D eigenvalue weighted by atomic mass is 9.91. The first-order valence-corrected chi connectivity index (χ1v) is 9.74. The first-order chi connectivity index (χ1) is 12.8. The van der Waals surface area contributed by atoms with Gasteiger partial charge in [-0.3, -0.25) is 0 Å². The molecule has 1 aromatic carbocycles. The number of fused-ring (bicyclic) bond motifs is 1. The molecule has 26 heavy (non-hydrogen) atoms. The molecule has 0 spiro atoms. The number of hydrogen-bond acceptors (Lipinski definition) is 3. The predicted octanol–water partition coefficient (Wildman–Crippen LogP) is 4.42. The Labute approximate surface area is 155 Å². The Hall–Kier alpha value is -2.33. The summed E-state index contributed by atoms with van der Waals surface area (Å²) >= 11 is 0. The van der Waals surface area contributed by atoms with Crippen LogP contribution in [0.4, 0.5) is 5.82 Å². The van der Waals surface area contributed by atoms with E-state index in [0.717, 1.165) is 36.2 Å². The fraction of sp³-hybridized carbons (Fsp3) is 0.409. The molecule has 0 unspecified atom stereocenters. The number of aromatic nitrogens is 2. The van der Waals surface area contributed by atoms with Crippen molar-refractivity contribution >= 4 is 16.9 Å². The van der Waals surface area contributed by atoms with Gasteiger partial charge in [0.1, 0.15) is 5.82 Å². The molecule has 0 atom stereocenters. The Morgan fingerprint density at radius 2 is 1.92 bits per heavy atom. The monoisotopic (exact) mass is 348 g/mol. The van der Waals surface area contributed by atoms with Crippen LogP contribution in [0, 0.1) is 0 Å². The van der Waals surface area contributed by atoms with E-state index in [2.05, 4.69) is 70.9 Å². The highest BCUT2D eigenvalue weighted by molar-refractivity contribution is 5.81. The lowest BCUT2D eigenvalue weighted by Gasteiger charge is -2.28. The molecule has 3 aromatic rings. The molecule has 0 saturated carbocycles. The van der Waals surface area contributed by atoms with E-state index in [1.165, 1.54) is 37.1 Å². The zero-order chi connectivity index (χ0) is 17.8. The molecule has 2 aromatic heterocycles. The number of rotatable bonds is 6. The summed E-state index contributed by atoms with van der Waals surface area (Å²) in [5.74, 6) is 1.61. The standard InChI is InChI=1S/C22H28N4/c1-26-14-11-18(12-15-26)19-16-24-20-9-10-21(25-22(19)20)23-13-5-8-17-6-3-2-4-7-17/h2-4,6-7,9-10,16,18,24H,5,8,11-15H2,1H3,(H,23,25). The SMILES string of the molecule is CN1CCC(c2c[nH]c3ccc(NCCCc4ccccc4)nc23)CC1. The molecule has 4 rings (SSSR count). The first kappa shape index (κ1) is 17.1. The lowest BCUT2D eigenvalue weighted by Crippen LogP contribution is -2.29. The molecular weight excluding hydrogens is 320 g/mol. The molecule has 1 saturated heterocycles. The summed E-state index contributed by atoms with van der Waals surface area (Å²) in [5, 5.41) is 3.50. The average Bonchev–Trinajstić information content (AvgIpc) is 3.10. The molecule has 4 heteroatoms. The maximum absolute atomic E-state index is 4.92. The van der Waals surface area contributed by atoms with Crippen molar-refractivity contribution in [3.8, 4) is 0 Å². The number of anilines is 1. The first-order valence-electron chi connectivity index (χ1n) is 9.74. The van der Waals surface area contributed by atoms with E-state index in [1.807, 2.05) is 0 Å². The molecule has 1 aliphatic heterocycles. The molecule has 0 radical (unpaired) electrons. The fourth-order valence-electron chi connectivity index (χ4n) is 3.90. The average molecular weight is 348 g/mol. The lowest BCUT2D eigenvalue weighted by molar-refractivity contribution is 0.256. The van der Waals surface area contributed by atoms with Crippen LogP contribution < -0.4 is 5.32 Å². The Kier molecular flexibility index (Phi) is 5.21. The van der Waals surface area contributed by atoms with Gasteiger partial charge in [0, 0.05) is 12.7 Å². The molecule has 136 valence electrons. The van der Waals surface area contributed by atoms with Gasteiger partial charge in [-0.25, -0.2) is 4.98 Å². The second-order valence-corrected chi connectivity index (χ2v) is 7.43. The Balaban J connectivity index is 1.39. The van der Waals surface area contributed by atoms with Crippen molar-refractivity contribution in [2.75, 3.05) is 32.0 Å². The van der Waals surface area contributed by atoms with Gasteiger partial charge in [0.25, 0.3) is 0 Å². The van der Waals surface area contributed by atoms with Crippen LogP contribution in [0.1, 0.15) is 36.3 Å². The molecule has 1 aliphatic rings. The van der Waals surface area contributed by atoms with E-state index < -0.39 is 0 Å². The molecule has 0 aliphatic carbocycles. The molecule has 1 fully saturated rings. The zero-order valence-electron chi connectivity index (χ0n) is 15.5. The van der Waals surface area contributed by atoms with E-state index in [0.29, 0.717) is 5.92 Å². The fourth-order valence-corrected chi connectivity index (χ4v) is 3.90. The van der Waals surface area contributed by atoms with Crippen molar-refractivity contribution in [3.63, 3.8) is 0 Å². The Morgan fingerprint density at radius 3 is 2.73 bits per heavy atom. The summed E-state index contributed by atoms with van der Waals surface area (Å²) in [5.41, 5.74) is 5.08. The summed E-state index contributed by atoms with van der Waals surface area (Å²) in [6, 6.07) is 14.9. The van der Waals surface area contributed by atoms with Crippen LogP contribution in [0.15, 0.2) is 48.7 Å². The van der Waals surface area contributed by atoms with E-state index in [-0.39, 0.29) is 0 Å². The predicted molar refractivity (Wildman–Crippen MR) is 109 cm³/mol. The number of aryl methyl sites for hydroxylation is 1. The minimum Gasteiger partial charge on any atom is -0.370 e. The van der Waals surface area contributed by atoms with Crippen molar-refractivity contribution in [1.29, 1.82) is 0 Å². The molecular formula is C22H28N4. The van der Waals surface area contributed by atoms with Crippen molar-refractivity contribution < 1.29 is 0 Å². The highest BCUT2D eigenvalue weighted by atomic mass is 15.1. The summed E-state index contributed by atoms with van der Waals surface area (Å²) in [7, 11) is 2.21. The number of H-pyrrole nitrogens is 1.